The van der Waals surface area contributed by atoms with Crippen molar-refractivity contribution in [3.63, 3.8) is 0 Å². The average Bonchev–Trinajstić information content (AvgIpc) is 3.44. The van der Waals surface area contributed by atoms with Gasteiger partial charge in [0.15, 0.2) is 0 Å². The number of unbranched alkanes of at least 4 members (excludes halogenated alkanes) is 3. The third-order valence-electron chi connectivity index (χ3n) is 12.5. The number of likely N-dealkylation sites (tertiary alicyclic amines) is 1. The first kappa shape index (κ1) is 43.4. The van der Waals surface area contributed by atoms with Crippen molar-refractivity contribution in [1.82, 2.24) is 4.90 Å². The van der Waals surface area contributed by atoms with Gasteiger partial charge in [0.05, 0.1) is 0 Å². The van der Waals surface area contributed by atoms with Crippen LogP contribution in [0.2, 0.25) is 57.1 Å². The molecule has 0 radical (unpaired) electrons. The number of ether oxygens (including phenoxy) is 3. The van der Waals surface area contributed by atoms with Gasteiger partial charge in [-0.25, -0.2) is 0 Å². The Hall–Kier alpha value is -0.0375. The summed E-state index contributed by atoms with van der Waals surface area (Å²) in [7, 11) is -3.32. The van der Waals surface area contributed by atoms with Gasteiger partial charge in [0.25, 0.3) is 0 Å². The van der Waals surface area contributed by atoms with Crippen molar-refractivity contribution in [2.24, 2.45) is 17.8 Å². The molecule has 6 nitrogen and oxygen atoms in total. The molecule has 0 aliphatic carbocycles. The number of allylic oxidation sites excluding steroid dienone is 1. The van der Waals surface area contributed by atoms with Crippen LogP contribution >= 0.6 is 0 Å². The van der Waals surface area contributed by atoms with E-state index < -0.39 is 40.5 Å². The van der Waals surface area contributed by atoms with Gasteiger partial charge in [0, 0.05) is 0 Å². The first-order valence-corrected chi connectivity index (χ1v) is 34.6. The number of amides is 1. The molecule has 0 aromatic heterocycles. The van der Waals surface area contributed by atoms with Crippen LogP contribution in [0, 0.1) is 17.8 Å². The normalized spacial score (nSPS) is 29.6. The molecule has 49 heavy (non-hydrogen) atoms. The van der Waals surface area contributed by atoms with Gasteiger partial charge in [-0.2, -0.15) is 0 Å². The Morgan fingerprint density at radius 3 is 2.00 bits per heavy atom. The monoisotopic (exact) mass is 829 g/mol. The molecule has 0 bridgehead atoms. The van der Waals surface area contributed by atoms with Crippen molar-refractivity contribution in [3.05, 3.63) is 9.85 Å². The average molecular weight is 829 g/mol. The van der Waals surface area contributed by atoms with Gasteiger partial charge in [0.2, 0.25) is 0 Å². The van der Waals surface area contributed by atoms with Crippen LogP contribution in [0.5, 0.6) is 0 Å². The van der Waals surface area contributed by atoms with Gasteiger partial charge < -0.3 is 0 Å². The number of nitrogens with zero attached hydrogens (tertiary/aromatic N) is 1. The van der Waals surface area contributed by atoms with E-state index in [1.165, 1.54) is 55.6 Å². The van der Waals surface area contributed by atoms with Gasteiger partial charge in [-0.05, 0) is 0 Å². The molecule has 9 heteroatoms. The van der Waals surface area contributed by atoms with E-state index in [1.807, 2.05) is 4.90 Å². The van der Waals surface area contributed by atoms with Gasteiger partial charge in [-0.1, -0.05) is 19.6 Å². The van der Waals surface area contributed by atoms with Gasteiger partial charge in [-0.15, -0.1) is 0 Å². The molecule has 3 heterocycles. The van der Waals surface area contributed by atoms with E-state index in [-0.39, 0.29) is 30.3 Å². The fraction of sp³-hybridized carbons (Fsp3) is 0.925. The van der Waals surface area contributed by atoms with E-state index >= 15 is 0 Å². The standard InChI is InChI=1S/C28H52NO5Si2.3C4H9.Sn/c1-10-36(11-2,12-3)34-25-19-28(33-26(25)24-18-21(4)13-14-31-24)23(6)17-22(5)20-29(28)27(30)32-15-16-35(7,8)9;3*1-3-4-2;/h13,21-26H,10-12,15-20H2,1-9H3;3*1,3-4H2,2H3;/t21-,22-,23+,24-,25-,26-,28+;;;;/m1..../s1. The third-order valence-corrected chi connectivity index (χ3v) is 33.9. The first-order valence-electron chi connectivity index (χ1n) is 20.9. The summed E-state index contributed by atoms with van der Waals surface area (Å²) in [6, 6.07) is 4.27. The molecule has 7 atom stereocenters. The summed E-state index contributed by atoms with van der Waals surface area (Å²) in [5, 5.41) is 0. The Kier molecular flexibility index (Phi) is 17.1. The molecular weight excluding hydrogens is 749 g/mol. The van der Waals surface area contributed by atoms with Gasteiger partial charge >= 0.3 is 292 Å². The summed E-state index contributed by atoms with van der Waals surface area (Å²) >= 11 is -2.83. The molecule has 3 rings (SSSR count). The van der Waals surface area contributed by atoms with Crippen molar-refractivity contribution < 1.29 is 23.4 Å². The van der Waals surface area contributed by atoms with Crippen molar-refractivity contribution in [1.29, 1.82) is 0 Å². The van der Waals surface area contributed by atoms with E-state index in [0.29, 0.717) is 31.4 Å². The molecule has 286 valence electrons. The predicted octanol–water partition coefficient (Wildman–Crippen LogP) is 12.0. The molecule has 0 aromatic carbocycles. The zero-order valence-corrected chi connectivity index (χ0v) is 39.1. The molecule has 3 aliphatic heterocycles. The summed E-state index contributed by atoms with van der Waals surface area (Å²) in [5.74, 6) is 1.03. The number of hydrogen-bond acceptors (Lipinski definition) is 5. The minimum absolute atomic E-state index is 0.0473. The Balaban J connectivity index is 2.06. The zero-order chi connectivity index (χ0) is 36.5. The molecule has 0 saturated carbocycles. The summed E-state index contributed by atoms with van der Waals surface area (Å²) in [4.78, 5) is 16.1. The van der Waals surface area contributed by atoms with Crippen molar-refractivity contribution in [3.8, 4) is 0 Å². The fourth-order valence-corrected chi connectivity index (χ4v) is 28.7. The summed E-state index contributed by atoms with van der Waals surface area (Å²) < 4.78 is 34.2. The van der Waals surface area contributed by atoms with Crippen LogP contribution in [0.25, 0.3) is 0 Å². The van der Waals surface area contributed by atoms with Crippen molar-refractivity contribution >= 4 is 40.9 Å². The van der Waals surface area contributed by atoms with Crippen LogP contribution in [0.1, 0.15) is 120 Å². The summed E-state index contributed by atoms with van der Waals surface area (Å²) in [6.07, 6.45) is 12.5. The maximum atomic E-state index is 14.1. The molecule has 0 N–H and O–H groups in total. The van der Waals surface area contributed by atoms with E-state index in [9.17, 15) is 4.79 Å². The Morgan fingerprint density at radius 1 is 0.918 bits per heavy atom. The second-order valence-corrected chi connectivity index (χ2v) is 41.1. The van der Waals surface area contributed by atoms with E-state index in [4.69, 9.17) is 18.6 Å². The molecular formula is C40H79NO5Si2Sn. The Labute approximate surface area is 309 Å². The first-order chi connectivity index (χ1) is 23.2. The molecule has 2 saturated heterocycles. The number of piperidine rings is 1. The predicted molar refractivity (Wildman–Crippen MR) is 215 cm³/mol. The van der Waals surface area contributed by atoms with Crippen LogP contribution in [0.4, 0.5) is 4.79 Å². The van der Waals surface area contributed by atoms with Crippen LogP contribution in [0.3, 0.4) is 0 Å². The number of hydrogen-bond donors (Lipinski definition) is 0. The SMILES string of the molecule is CCC[CH2][Sn]([CH2]CCC)([CH2]CCC)[C]1=C[C@@H](C)C[C@H]([C@H]2O[C@@]3(C[C@H]2O[Si](CC)(CC)CC)[C@@H](C)C[C@@H](C)CN3C(=O)OCC[Si](C)(C)C)O1. The summed E-state index contributed by atoms with van der Waals surface area (Å²) in [6.45, 7) is 29.2. The number of carbonyl (C=O) groups excluding carboxylic acids is 1. The van der Waals surface area contributed by atoms with E-state index in [0.717, 1.165) is 37.0 Å². The molecule has 0 unspecified atom stereocenters. The van der Waals surface area contributed by atoms with E-state index in [1.54, 1.807) is 0 Å². The van der Waals surface area contributed by atoms with Crippen LogP contribution in [0.15, 0.2) is 9.85 Å². The molecule has 1 spiro atoms. The Bertz CT molecular complexity index is 1020. The second kappa shape index (κ2) is 19.3. The van der Waals surface area contributed by atoms with Crippen LogP contribution in [-0.2, 0) is 18.6 Å². The van der Waals surface area contributed by atoms with E-state index in [2.05, 4.69) is 88.0 Å². The third kappa shape index (κ3) is 11.0. The Morgan fingerprint density at radius 2 is 1.49 bits per heavy atom. The maximum absolute atomic E-state index is 14.1. The minimum atomic E-state index is -2.83. The number of carbonyl (C=O) groups is 1. The second-order valence-electron chi connectivity index (χ2n) is 17.8. The molecule has 0 aromatic rings. The van der Waals surface area contributed by atoms with Gasteiger partial charge in [-0.3, -0.25) is 0 Å². The number of rotatable bonds is 19. The van der Waals surface area contributed by atoms with Gasteiger partial charge in [0.1, 0.15) is 0 Å². The van der Waals surface area contributed by atoms with Crippen LogP contribution < -0.4 is 0 Å². The molecule has 3 aliphatic rings. The summed E-state index contributed by atoms with van der Waals surface area (Å²) in [5.41, 5.74) is -0.728. The topological polar surface area (TPSA) is 57.2 Å². The fourth-order valence-electron chi connectivity index (χ4n) is 9.08. The molecule has 1 amide bonds. The van der Waals surface area contributed by atoms with Crippen LogP contribution in [-0.4, -0.2) is 82.9 Å². The quantitative estimate of drug-likeness (QED) is 0.121. The molecule has 2 fully saturated rings. The zero-order valence-electron chi connectivity index (χ0n) is 34.3. The van der Waals surface area contributed by atoms with Crippen molar-refractivity contribution in [2.45, 2.75) is 201 Å². The van der Waals surface area contributed by atoms with Crippen molar-refractivity contribution in [2.75, 3.05) is 13.2 Å².